The molecule has 1 rings (SSSR count). The molecule has 1 aromatic rings. The standard InChI is InChI=1S/C10H13ClO5S/c1-3-15-8-5-4-6-9(17(11,12)13)10(8)16-7-14-2/h4-6H,3,7H2,1-2H3. The van der Waals surface area contributed by atoms with E-state index in [9.17, 15) is 8.42 Å². The first kappa shape index (κ1) is 14.1. The van der Waals surface area contributed by atoms with Gasteiger partial charge in [0.1, 0.15) is 4.90 Å². The molecule has 0 fully saturated rings. The van der Waals surface area contributed by atoms with Crippen LogP contribution in [0.4, 0.5) is 0 Å². The van der Waals surface area contributed by atoms with Crippen molar-refractivity contribution in [2.75, 3.05) is 20.5 Å². The van der Waals surface area contributed by atoms with E-state index in [0.717, 1.165) is 0 Å². The second-order valence-electron chi connectivity index (χ2n) is 3.01. The Balaban J connectivity index is 3.24. The molecule has 7 heteroatoms. The lowest BCUT2D eigenvalue weighted by Crippen LogP contribution is -2.06. The van der Waals surface area contributed by atoms with Gasteiger partial charge in [-0.05, 0) is 19.1 Å². The lowest BCUT2D eigenvalue weighted by atomic mass is 10.3. The zero-order valence-electron chi connectivity index (χ0n) is 9.47. The van der Waals surface area contributed by atoms with Crippen molar-refractivity contribution in [3.63, 3.8) is 0 Å². The van der Waals surface area contributed by atoms with Crippen molar-refractivity contribution in [2.45, 2.75) is 11.8 Å². The van der Waals surface area contributed by atoms with Gasteiger partial charge in [0.05, 0.1) is 6.61 Å². The summed E-state index contributed by atoms with van der Waals surface area (Å²) >= 11 is 0. The Morgan fingerprint density at radius 1 is 1.29 bits per heavy atom. The van der Waals surface area contributed by atoms with Crippen molar-refractivity contribution >= 4 is 19.7 Å². The molecular formula is C10H13ClO5S. The minimum atomic E-state index is -3.89. The largest absolute Gasteiger partial charge is 0.490 e. The van der Waals surface area contributed by atoms with Crippen molar-refractivity contribution in [3.05, 3.63) is 18.2 Å². The molecule has 17 heavy (non-hydrogen) atoms. The highest BCUT2D eigenvalue weighted by Gasteiger charge is 2.20. The Kier molecular flexibility index (Phi) is 5.04. The summed E-state index contributed by atoms with van der Waals surface area (Å²) in [6, 6.07) is 4.47. The number of rotatable bonds is 6. The lowest BCUT2D eigenvalue weighted by molar-refractivity contribution is 0.0465. The third-order valence-corrected chi connectivity index (χ3v) is 3.17. The number of benzene rings is 1. The van der Waals surface area contributed by atoms with Crippen LogP contribution in [-0.2, 0) is 13.8 Å². The average Bonchev–Trinajstić information content (AvgIpc) is 2.26. The van der Waals surface area contributed by atoms with Crippen LogP contribution in [0.5, 0.6) is 11.5 Å². The molecule has 0 bridgehead atoms. The zero-order valence-corrected chi connectivity index (χ0v) is 11.0. The Morgan fingerprint density at radius 3 is 2.53 bits per heavy atom. The average molecular weight is 281 g/mol. The lowest BCUT2D eigenvalue weighted by Gasteiger charge is -2.13. The van der Waals surface area contributed by atoms with E-state index in [4.69, 9.17) is 24.9 Å². The van der Waals surface area contributed by atoms with Crippen LogP contribution in [0.25, 0.3) is 0 Å². The molecule has 0 spiro atoms. The fraction of sp³-hybridized carbons (Fsp3) is 0.400. The van der Waals surface area contributed by atoms with E-state index in [1.165, 1.54) is 19.2 Å². The Hall–Kier alpha value is -0.980. The summed E-state index contributed by atoms with van der Waals surface area (Å²) in [4.78, 5) is -0.137. The number of hydrogen-bond acceptors (Lipinski definition) is 5. The van der Waals surface area contributed by atoms with Gasteiger partial charge in [0.15, 0.2) is 18.3 Å². The van der Waals surface area contributed by atoms with Gasteiger partial charge in [-0.15, -0.1) is 0 Å². The molecule has 0 radical (unpaired) electrons. The topological polar surface area (TPSA) is 61.8 Å². The molecule has 96 valence electrons. The highest BCUT2D eigenvalue weighted by molar-refractivity contribution is 8.13. The van der Waals surface area contributed by atoms with E-state index in [2.05, 4.69) is 0 Å². The maximum Gasteiger partial charge on any atom is 0.265 e. The van der Waals surface area contributed by atoms with Crippen molar-refractivity contribution in [2.24, 2.45) is 0 Å². The molecule has 0 aliphatic carbocycles. The normalized spacial score (nSPS) is 11.2. The molecule has 0 saturated carbocycles. The maximum atomic E-state index is 11.4. The molecule has 1 aromatic carbocycles. The number of halogens is 1. The predicted molar refractivity (Wildman–Crippen MR) is 63.2 cm³/mol. The van der Waals surface area contributed by atoms with Crippen LogP contribution >= 0.6 is 10.7 Å². The van der Waals surface area contributed by atoms with E-state index >= 15 is 0 Å². The minimum Gasteiger partial charge on any atom is -0.490 e. The minimum absolute atomic E-state index is 0.0613. The fourth-order valence-corrected chi connectivity index (χ4v) is 2.20. The van der Waals surface area contributed by atoms with Crippen LogP contribution < -0.4 is 9.47 Å². The Labute approximate surface area is 105 Å². The molecule has 0 N–H and O–H groups in total. The summed E-state index contributed by atoms with van der Waals surface area (Å²) in [5, 5.41) is 0. The Morgan fingerprint density at radius 2 is 2.00 bits per heavy atom. The summed E-state index contributed by atoms with van der Waals surface area (Å²) in [6.07, 6.45) is 0. The van der Waals surface area contributed by atoms with E-state index < -0.39 is 9.05 Å². The molecular weight excluding hydrogens is 268 g/mol. The van der Waals surface area contributed by atoms with Gasteiger partial charge in [0.25, 0.3) is 9.05 Å². The van der Waals surface area contributed by atoms with Gasteiger partial charge in [-0.3, -0.25) is 0 Å². The maximum absolute atomic E-state index is 11.4. The van der Waals surface area contributed by atoms with Crippen LogP contribution in [0.3, 0.4) is 0 Å². The summed E-state index contributed by atoms with van der Waals surface area (Å²) in [6.45, 7) is 2.07. The number of methoxy groups -OCH3 is 1. The highest BCUT2D eigenvalue weighted by Crippen LogP contribution is 2.36. The molecule has 0 heterocycles. The van der Waals surface area contributed by atoms with Gasteiger partial charge in [-0.1, -0.05) is 6.07 Å². The third kappa shape index (κ3) is 3.76. The van der Waals surface area contributed by atoms with Crippen molar-refractivity contribution in [1.82, 2.24) is 0 Å². The van der Waals surface area contributed by atoms with Gasteiger partial charge in [-0.25, -0.2) is 8.42 Å². The van der Waals surface area contributed by atoms with E-state index in [0.29, 0.717) is 12.4 Å². The first-order chi connectivity index (χ1) is 8.00. The molecule has 0 aromatic heterocycles. The second kappa shape index (κ2) is 6.09. The molecule has 5 nitrogen and oxygen atoms in total. The van der Waals surface area contributed by atoms with Gasteiger partial charge < -0.3 is 14.2 Å². The number of hydrogen-bond donors (Lipinski definition) is 0. The van der Waals surface area contributed by atoms with Crippen molar-refractivity contribution in [1.29, 1.82) is 0 Å². The molecule has 0 aliphatic rings. The Bertz CT molecular complexity index is 472. The van der Waals surface area contributed by atoms with E-state index in [1.54, 1.807) is 13.0 Å². The smallest absolute Gasteiger partial charge is 0.265 e. The van der Waals surface area contributed by atoms with Crippen LogP contribution in [-0.4, -0.2) is 28.9 Å². The van der Waals surface area contributed by atoms with Gasteiger partial charge in [0.2, 0.25) is 0 Å². The van der Waals surface area contributed by atoms with Crippen molar-refractivity contribution < 1.29 is 22.6 Å². The van der Waals surface area contributed by atoms with E-state index in [-0.39, 0.29) is 17.4 Å². The molecule has 0 saturated heterocycles. The van der Waals surface area contributed by atoms with Crippen LogP contribution in [0.15, 0.2) is 23.1 Å². The predicted octanol–water partition coefficient (Wildman–Crippen LogP) is 2.00. The van der Waals surface area contributed by atoms with Gasteiger partial charge >= 0.3 is 0 Å². The van der Waals surface area contributed by atoms with Crippen LogP contribution in [0.1, 0.15) is 6.92 Å². The number of ether oxygens (including phenoxy) is 3. The quantitative estimate of drug-likeness (QED) is 0.589. The number of para-hydroxylation sites is 1. The summed E-state index contributed by atoms with van der Waals surface area (Å²) < 4.78 is 37.9. The van der Waals surface area contributed by atoms with Gasteiger partial charge in [-0.2, -0.15) is 0 Å². The van der Waals surface area contributed by atoms with Gasteiger partial charge in [0, 0.05) is 17.8 Å². The highest BCUT2D eigenvalue weighted by atomic mass is 35.7. The molecule has 0 atom stereocenters. The van der Waals surface area contributed by atoms with Crippen LogP contribution in [0.2, 0.25) is 0 Å². The summed E-state index contributed by atoms with van der Waals surface area (Å²) in [5.41, 5.74) is 0. The summed E-state index contributed by atoms with van der Waals surface area (Å²) in [7, 11) is 2.85. The van der Waals surface area contributed by atoms with E-state index in [1.807, 2.05) is 0 Å². The monoisotopic (exact) mass is 280 g/mol. The SMILES string of the molecule is CCOc1cccc(S(=O)(=O)Cl)c1OCOC. The first-order valence-corrected chi connectivity index (χ1v) is 7.13. The van der Waals surface area contributed by atoms with Crippen LogP contribution in [0, 0.1) is 0 Å². The molecule has 0 aliphatic heterocycles. The molecule has 0 unspecified atom stereocenters. The third-order valence-electron chi connectivity index (χ3n) is 1.83. The van der Waals surface area contributed by atoms with Crippen molar-refractivity contribution in [3.8, 4) is 11.5 Å². The first-order valence-electron chi connectivity index (χ1n) is 4.83. The summed E-state index contributed by atoms with van der Waals surface area (Å²) in [5.74, 6) is 0.373. The fourth-order valence-electron chi connectivity index (χ4n) is 1.22. The zero-order chi connectivity index (χ0) is 12.9. The second-order valence-corrected chi connectivity index (χ2v) is 5.54. The molecule has 0 amide bonds.